The average molecular weight is 426 g/mol. The number of methoxy groups -OCH3 is 1. The number of aromatic nitrogens is 1. The smallest absolute Gasteiger partial charge is 0.255 e. The van der Waals surface area contributed by atoms with Crippen LogP contribution in [-0.2, 0) is 6.54 Å². The van der Waals surface area contributed by atoms with Gasteiger partial charge in [-0.15, -0.1) is 0 Å². The topological polar surface area (TPSA) is 42.4 Å². The molecule has 160 valence electrons. The lowest BCUT2D eigenvalue weighted by Crippen LogP contribution is -2.32. The monoisotopic (exact) mass is 426 g/mol. The summed E-state index contributed by atoms with van der Waals surface area (Å²) in [4.78, 5) is 20.5. The van der Waals surface area contributed by atoms with Crippen molar-refractivity contribution in [2.24, 2.45) is 0 Å². The Morgan fingerprint density at radius 1 is 1.03 bits per heavy atom. The molecule has 0 atom stereocenters. The number of benzene rings is 3. The fourth-order valence-electron chi connectivity index (χ4n) is 3.96. The first-order valence-corrected chi connectivity index (χ1v) is 10.7. The van der Waals surface area contributed by atoms with Gasteiger partial charge in [-0.05, 0) is 66.9 Å². The van der Waals surface area contributed by atoms with Crippen molar-refractivity contribution in [3.8, 4) is 17.0 Å². The number of para-hydroxylation sites is 1. The molecule has 1 aliphatic rings. The summed E-state index contributed by atoms with van der Waals surface area (Å²) < 4.78 is 18.7. The summed E-state index contributed by atoms with van der Waals surface area (Å²) >= 11 is 0. The highest BCUT2D eigenvalue weighted by atomic mass is 19.1. The molecule has 5 heteroatoms. The van der Waals surface area contributed by atoms with Crippen LogP contribution >= 0.6 is 0 Å². The van der Waals surface area contributed by atoms with Crippen molar-refractivity contribution in [1.82, 2.24) is 9.88 Å². The molecule has 1 saturated carbocycles. The maximum Gasteiger partial charge on any atom is 0.255 e. The van der Waals surface area contributed by atoms with Crippen LogP contribution in [0.5, 0.6) is 5.75 Å². The highest BCUT2D eigenvalue weighted by Crippen LogP contribution is 2.33. The Morgan fingerprint density at radius 3 is 2.44 bits per heavy atom. The first-order chi connectivity index (χ1) is 15.6. The van der Waals surface area contributed by atoms with Crippen molar-refractivity contribution in [3.05, 3.63) is 95.8 Å². The molecule has 1 aromatic heterocycles. The molecule has 4 aromatic rings. The van der Waals surface area contributed by atoms with E-state index in [1.165, 1.54) is 12.1 Å². The zero-order valence-corrected chi connectivity index (χ0v) is 17.8. The number of halogens is 1. The third kappa shape index (κ3) is 4.06. The van der Waals surface area contributed by atoms with Gasteiger partial charge in [0.25, 0.3) is 5.91 Å². The molecular formula is C27H23FN2O2. The number of pyridine rings is 1. The number of rotatable bonds is 6. The molecule has 3 aromatic carbocycles. The Morgan fingerprint density at radius 2 is 1.75 bits per heavy atom. The van der Waals surface area contributed by atoms with Crippen LogP contribution in [0.1, 0.15) is 28.8 Å². The van der Waals surface area contributed by atoms with Crippen LogP contribution in [0, 0.1) is 5.82 Å². The molecule has 0 N–H and O–H groups in total. The van der Waals surface area contributed by atoms with Gasteiger partial charge in [0.15, 0.2) is 0 Å². The Labute approximate surface area is 186 Å². The maximum absolute atomic E-state index is 13.8. The van der Waals surface area contributed by atoms with E-state index in [2.05, 4.69) is 0 Å². The summed E-state index contributed by atoms with van der Waals surface area (Å²) in [5, 5.41) is 0.823. The number of hydrogen-bond acceptors (Lipinski definition) is 3. The van der Waals surface area contributed by atoms with Gasteiger partial charge in [-0.1, -0.05) is 30.3 Å². The van der Waals surface area contributed by atoms with Gasteiger partial charge < -0.3 is 9.64 Å². The number of nitrogens with zero attached hydrogens (tertiary/aromatic N) is 2. The quantitative estimate of drug-likeness (QED) is 0.388. The molecule has 0 aliphatic heterocycles. The summed E-state index contributed by atoms with van der Waals surface area (Å²) in [7, 11) is 1.64. The van der Waals surface area contributed by atoms with Gasteiger partial charge in [-0.25, -0.2) is 9.37 Å². The number of ether oxygens (including phenoxy) is 1. The molecule has 1 fully saturated rings. The van der Waals surface area contributed by atoms with E-state index in [4.69, 9.17) is 9.72 Å². The number of amides is 1. The zero-order valence-electron chi connectivity index (χ0n) is 17.8. The van der Waals surface area contributed by atoms with E-state index >= 15 is 0 Å². The van der Waals surface area contributed by atoms with Crippen LogP contribution in [0.3, 0.4) is 0 Å². The molecule has 1 aliphatic carbocycles. The van der Waals surface area contributed by atoms with E-state index in [-0.39, 0.29) is 17.8 Å². The summed E-state index contributed by atoms with van der Waals surface area (Å²) in [5.74, 6) is 0.484. The van der Waals surface area contributed by atoms with Gasteiger partial charge in [0.05, 0.1) is 23.9 Å². The Hall–Kier alpha value is -3.73. The molecular weight excluding hydrogens is 403 g/mol. The van der Waals surface area contributed by atoms with E-state index in [0.29, 0.717) is 17.8 Å². The summed E-state index contributed by atoms with van der Waals surface area (Å²) in [6.07, 6.45) is 2.02. The predicted octanol–water partition coefficient (Wildman–Crippen LogP) is 5.85. The van der Waals surface area contributed by atoms with E-state index in [1.807, 2.05) is 59.5 Å². The minimum Gasteiger partial charge on any atom is -0.497 e. The van der Waals surface area contributed by atoms with Gasteiger partial charge in [-0.2, -0.15) is 0 Å². The van der Waals surface area contributed by atoms with Crippen LogP contribution in [0.2, 0.25) is 0 Å². The third-order valence-electron chi connectivity index (χ3n) is 5.85. The fraction of sp³-hybridized carbons (Fsp3) is 0.185. The second kappa shape index (κ2) is 8.42. The molecule has 5 rings (SSSR count). The number of fused-ring (bicyclic) bond motifs is 1. The van der Waals surface area contributed by atoms with E-state index in [1.54, 1.807) is 19.2 Å². The van der Waals surface area contributed by atoms with Gasteiger partial charge in [0.1, 0.15) is 11.6 Å². The minimum absolute atomic E-state index is 0.00900. The van der Waals surface area contributed by atoms with E-state index in [9.17, 15) is 9.18 Å². The first-order valence-electron chi connectivity index (χ1n) is 10.7. The molecule has 4 nitrogen and oxygen atoms in total. The highest BCUT2D eigenvalue weighted by molar-refractivity contribution is 6.07. The maximum atomic E-state index is 13.8. The zero-order chi connectivity index (χ0) is 22.1. The standard InChI is InChI=1S/C27H23FN2O2/c1-32-22-14-6-18(7-15-22)17-30(21-12-13-21)27(31)24-16-26(19-8-10-20(28)11-9-19)29-25-5-3-2-4-23(24)25/h2-11,14-16,21H,12-13,17H2,1H3. The van der Waals surface area contributed by atoms with Crippen molar-refractivity contribution in [2.75, 3.05) is 7.11 Å². The van der Waals surface area contributed by atoms with Crippen LogP contribution in [0.25, 0.3) is 22.2 Å². The van der Waals surface area contributed by atoms with E-state index in [0.717, 1.165) is 40.6 Å². The Bertz CT molecular complexity index is 1270. The van der Waals surface area contributed by atoms with Crippen molar-refractivity contribution in [3.63, 3.8) is 0 Å². The first kappa shape index (κ1) is 20.2. The molecule has 32 heavy (non-hydrogen) atoms. The van der Waals surface area contributed by atoms with Crippen LogP contribution in [0.15, 0.2) is 78.9 Å². The molecule has 1 heterocycles. The van der Waals surface area contributed by atoms with Crippen molar-refractivity contribution in [1.29, 1.82) is 0 Å². The van der Waals surface area contributed by atoms with Gasteiger partial charge >= 0.3 is 0 Å². The molecule has 0 bridgehead atoms. The predicted molar refractivity (Wildman–Crippen MR) is 123 cm³/mol. The van der Waals surface area contributed by atoms with Crippen molar-refractivity contribution in [2.45, 2.75) is 25.4 Å². The number of carbonyl (C=O) groups excluding carboxylic acids is 1. The largest absolute Gasteiger partial charge is 0.497 e. The van der Waals surface area contributed by atoms with Crippen molar-refractivity contribution >= 4 is 16.8 Å². The molecule has 0 spiro atoms. The summed E-state index contributed by atoms with van der Waals surface area (Å²) in [6, 6.07) is 23.8. The number of hydrogen-bond donors (Lipinski definition) is 0. The van der Waals surface area contributed by atoms with Crippen LogP contribution in [-0.4, -0.2) is 28.9 Å². The SMILES string of the molecule is COc1ccc(CN(C(=O)c2cc(-c3ccc(F)cc3)nc3ccccc23)C2CC2)cc1. The van der Waals surface area contributed by atoms with Gasteiger partial charge in [0, 0.05) is 23.5 Å². The summed E-state index contributed by atoms with van der Waals surface area (Å²) in [6.45, 7) is 0.538. The van der Waals surface area contributed by atoms with Crippen LogP contribution in [0.4, 0.5) is 4.39 Å². The molecule has 0 saturated heterocycles. The van der Waals surface area contributed by atoms with Gasteiger partial charge in [0.2, 0.25) is 0 Å². The lowest BCUT2D eigenvalue weighted by atomic mass is 10.0. The summed E-state index contributed by atoms with van der Waals surface area (Å²) in [5.41, 5.74) is 3.86. The molecule has 0 unspecified atom stereocenters. The van der Waals surface area contributed by atoms with Crippen molar-refractivity contribution < 1.29 is 13.9 Å². The second-order valence-corrected chi connectivity index (χ2v) is 8.09. The minimum atomic E-state index is -0.301. The van der Waals surface area contributed by atoms with Crippen LogP contribution < -0.4 is 4.74 Å². The second-order valence-electron chi connectivity index (χ2n) is 8.09. The third-order valence-corrected chi connectivity index (χ3v) is 5.85. The normalized spacial score (nSPS) is 13.2. The average Bonchev–Trinajstić information content (AvgIpc) is 3.67. The number of carbonyl (C=O) groups is 1. The Kier molecular flexibility index (Phi) is 5.31. The fourth-order valence-corrected chi connectivity index (χ4v) is 3.96. The van der Waals surface area contributed by atoms with Gasteiger partial charge in [-0.3, -0.25) is 4.79 Å². The Balaban J connectivity index is 1.55. The highest BCUT2D eigenvalue weighted by Gasteiger charge is 2.34. The molecule has 1 amide bonds. The van der Waals surface area contributed by atoms with E-state index < -0.39 is 0 Å². The lowest BCUT2D eigenvalue weighted by Gasteiger charge is -2.24. The lowest BCUT2D eigenvalue weighted by molar-refractivity contribution is 0.0732. The molecule has 0 radical (unpaired) electrons.